The number of likely N-dealkylation sites (tertiary alicyclic amines) is 1. The van der Waals surface area contributed by atoms with Crippen LogP contribution in [-0.4, -0.2) is 44.6 Å². The molecule has 1 fully saturated rings. The minimum absolute atomic E-state index is 0.00660. The van der Waals surface area contributed by atoms with Gasteiger partial charge in [-0.15, -0.1) is 11.3 Å². The van der Waals surface area contributed by atoms with Crippen molar-refractivity contribution in [2.45, 2.75) is 25.7 Å². The molecule has 1 saturated heterocycles. The van der Waals surface area contributed by atoms with E-state index in [0.29, 0.717) is 39.9 Å². The molecule has 2 aromatic heterocycles. The molecule has 2 aromatic carbocycles. The zero-order chi connectivity index (χ0) is 25.2. The third kappa shape index (κ3) is 5.27. The van der Waals surface area contributed by atoms with Gasteiger partial charge in [-0.1, -0.05) is 30.3 Å². The maximum atomic E-state index is 13.3. The fourth-order valence-electron chi connectivity index (χ4n) is 4.54. The lowest BCUT2D eigenvalue weighted by molar-refractivity contribution is 0.0712. The Labute approximate surface area is 222 Å². The number of rotatable bonds is 5. The monoisotopic (exact) mass is 563 g/mol. The van der Waals surface area contributed by atoms with E-state index < -0.39 is 0 Å². The predicted molar refractivity (Wildman–Crippen MR) is 145 cm³/mol. The molecule has 3 heterocycles. The molecule has 5 rings (SSSR count). The van der Waals surface area contributed by atoms with E-state index >= 15 is 0 Å². The van der Waals surface area contributed by atoms with Gasteiger partial charge in [0.05, 0.1) is 6.20 Å². The quantitative estimate of drug-likeness (QED) is 0.328. The highest BCUT2D eigenvalue weighted by molar-refractivity contribution is 9.10. The number of benzene rings is 2. The molecule has 2 amide bonds. The summed E-state index contributed by atoms with van der Waals surface area (Å²) in [6.07, 6.45) is 5.73. The third-order valence-corrected chi connectivity index (χ3v) is 8.16. The summed E-state index contributed by atoms with van der Waals surface area (Å²) >= 11 is 4.54. The second-order valence-corrected chi connectivity index (χ2v) is 10.7. The lowest BCUT2D eigenvalue weighted by Gasteiger charge is -2.32. The largest absolute Gasteiger partial charge is 0.339 e. The third-order valence-electron chi connectivity index (χ3n) is 6.61. The van der Waals surface area contributed by atoms with Gasteiger partial charge < -0.3 is 10.2 Å². The molecule has 0 unspecified atom stereocenters. The van der Waals surface area contributed by atoms with Crippen LogP contribution >= 0.6 is 27.3 Å². The minimum Gasteiger partial charge on any atom is -0.339 e. The Morgan fingerprint density at radius 3 is 2.47 bits per heavy atom. The summed E-state index contributed by atoms with van der Waals surface area (Å²) < 4.78 is 2.44. The second kappa shape index (κ2) is 10.4. The van der Waals surface area contributed by atoms with E-state index in [1.54, 1.807) is 16.1 Å². The first-order chi connectivity index (χ1) is 17.4. The Balaban J connectivity index is 1.21. The lowest BCUT2D eigenvalue weighted by atomic mass is 9.88. The van der Waals surface area contributed by atoms with Crippen LogP contribution in [0.2, 0.25) is 0 Å². The van der Waals surface area contributed by atoms with Crippen LogP contribution in [-0.2, 0) is 7.05 Å². The highest BCUT2D eigenvalue weighted by Crippen LogP contribution is 2.31. The Bertz CT molecular complexity index is 1400. The van der Waals surface area contributed by atoms with Crippen molar-refractivity contribution in [1.82, 2.24) is 19.7 Å². The molecule has 4 aromatic rings. The molecule has 1 aliphatic rings. The van der Waals surface area contributed by atoms with Gasteiger partial charge in [0.1, 0.15) is 4.60 Å². The van der Waals surface area contributed by atoms with Crippen molar-refractivity contribution >= 4 is 44.8 Å². The van der Waals surface area contributed by atoms with E-state index in [0.717, 1.165) is 29.5 Å². The summed E-state index contributed by atoms with van der Waals surface area (Å²) in [5.74, 6) is 0.143. The Hall–Kier alpha value is -3.30. The number of amides is 2. The Morgan fingerprint density at radius 2 is 1.83 bits per heavy atom. The molecule has 7 nitrogen and oxygen atoms in total. The first-order valence-electron chi connectivity index (χ1n) is 11.8. The van der Waals surface area contributed by atoms with Crippen molar-refractivity contribution < 1.29 is 9.59 Å². The van der Waals surface area contributed by atoms with Gasteiger partial charge in [0.15, 0.2) is 5.01 Å². The number of anilines is 1. The Morgan fingerprint density at radius 1 is 1.08 bits per heavy atom. The van der Waals surface area contributed by atoms with Crippen LogP contribution in [0.25, 0.3) is 11.1 Å². The molecular formula is C27H26BrN5O2S. The maximum absolute atomic E-state index is 13.3. The molecule has 0 radical (unpaired) electrons. The molecule has 0 spiro atoms. The topological polar surface area (TPSA) is 80.1 Å². The molecule has 1 aliphatic heterocycles. The lowest BCUT2D eigenvalue weighted by Crippen LogP contribution is -2.38. The number of piperidine rings is 1. The number of aryl methyl sites for hydroxylation is 2. The van der Waals surface area contributed by atoms with Gasteiger partial charge in [-0.25, -0.2) is 4.98 Å². The number of nitrogens with zero attached hydrogens (tertiary/aromatic N) is 4. The molecule has 0 aliphatic carbocycles. The van der Waals surface area contributed by atoms with Crippen LogP contribution in [0.4, 0.5) is 5.69 Å². The van der Waals surface area contributed by atoms with Gasteiger partial charge in [0.2, 0.25) is 0 Å². The van der Waals surface area contributed by atoms with E-state index in [1.165, 1.54) is 16.9 Å². The molecule has 0 atom stereocenters. The highest BCUT2D eigenvalue weighted by Gasteiger charge is 2.25. The van der Waals surface area contributed by atoms with E-state index in [9.17, 15) is 9.59 Å². The van der Waals surface area contributed by atoms with Crippen LogP contribution in [0.15, 0.2) is 64.8 Å². The molecule has 0 saturated carbocycles. The Kier molecular flexibility index (Phi) is 7.02. The van der Waals surface area contributed by atoms with Crippen molar-refractivity contribution in [2.24, 2.45) is 7.05 Å². The van der Waals surface area contributed by atoms with Crippen molar-refractivity contribution in [2.75, 3.05) is 18.4 Å². The molecule has 0 bridgehead atoms. The van der Waals surface area contributed by atoms with Gasteiger partial charge in [-0.2, -0.15) is 5.10 Å². The van der Waals surface area contributed by atoms with Gasteiger partial charge in [-0.05, 0) is 70.4 Å². The second-order valence-electron chi connectivity index (χ2n) is 9.05. The molecule has 184 valence electrons. The first kappa shape index (κ1) is 24.4. The number of hydrogen-bond donors (Lipinski definition) is 1. The van der Waals surface area contributed by atoms with Gasteiger partial charge in [-0.3, -0.25) is 14.3 Å². The fraction of sp³-hybridized carbons (Fsp3) is 0.259. The highest BCUT2D eigenvalue weighted by atomic mass is 79.9. The fourth-order valence-corrected chi connectivity index (χ4v) is 5.69. The van der Waals surface area contributed by atoms with E-state index in [4.69, 9.17) is 0 Å². The van der Waals surface area contributed by atoms with Crippen molar-refractivity contribution in [3.63, 3.8) is 0 Å². The van der Waals surface area contributed by atoms with E-state index in [1.807, 2.05) is 43.4 Å². The van der Waals surface area contributed by atoms with Crippen LogP contribution in [0.1, 0.15) is 50.0 Å². The molecule has 36 heavy (non-hydrogen) atoms. The number of nitrogens with one attached hydrogen (secondary N) is 1. The van der Waals surface area contributed by atoms with Gasteiger partial charge in [0, 0.05) is 48.5 Å². The zero-order valence-electron chi connectivity index (χ0n) is 20.1. The smallest absolute Gasteiger partial charge is 0.284 e. The van der Waals surface area contributed by atoms with Gasteiger partial charge >= 0.3 is 0 Å². The van der Waals surface area contributed by atoms with Crippen molar-refractivity contribution in [3.05, 3.63) is 86.5 Å². The SMILES string of the molecule is Cc1ccc(C(=O)N2CCC(c3ccc(-c4cnn(C)c4)cc3)CC2)cc1NC(=O)c1nc(Br)cs1. The summed E-state index contributed by atoms with van der Waals surface area (Å²) in [5.41, 5.74) is 5.67. The maximum Gasteiger partial charge on any atom is 0.284 e. The zero-order valence-corrected chi connectivity index (χ0v) is 22.5. The van der Waals surface area contributed by atoms with Crippen molar-refractivity contribution in [3.8, 4) is 11.1 Å². The molecule has 1 N–H and O–H groups in total. The normalized spacial score (nSPS) is 14.1. The number of aromatic nitrogens is 3. The summed E-state index contributed by atoms with van der Waals surface area (Å²) in [4.78, 5) is 31.9. The van der Waals surface area contributed by atoms with Gasteiger partial charge in [0.25, 0.3) is 11.8 Å². The summed E-state index contributed by atoms with van der Waals surface area (Å²) in [5, 5.41) is 9.28. The number of carbonyl (C=O) groups is 2. The predicted octanol–water partition coefficient (Wildman–Crippen LogP) is 5.89. The van der Waals surface area contributed by atoms with Crippen LogP contribution in [0.5, 0.6) is 0 Å². The minimum atomic E-state index is -0.284. The summed E-state index contributed by atoms with van der Waals surface area (Å²) in [7, 11) is 1.92. The van der Waals surface area contributed by atoms with Crippen LogP contribution in [0.3, 0.4) is 0 Å². The molecular weight excluding hydrogens is 538 g/mol. The van der Waals surface area contributed by atoms with Crippen LogP contribution < -0.4 is 5.32 Å². The summed E-state index contributed by atoms with van der Waals surface area (Å²) in [6.45, 7) is 3.32. The number of hydrogen-bond acceptors (Lipinski definition) is 5. The number of halogens is 1. The molecule has 9 heteroatoms. The number of carbonyl (C=O) groups excluding carboxylic acids is 2. The van der Waals surface area contributed by atoms with E-state index in [-0.39, 0.29) is 11.8 Å². The van der Waals surface area contributed by atoms with Crippen LogP contribution in [0, 0.1) is 6.92 Å². The summed E-state index contributed by atoms with van der Waals surface area (Å²) in [6, 6.07) is 14.2. The van der Waals surface area contributed by atoms with Crippen molar-refractivity contribution in [1.29, 1.82) is 0 Å². The average Bonchev–Trinajstić information content (AvgIpc) is 3.53. The first-order valence-corrected chi connectivity index (χ1v) is 13.5. The van der Waals surface area contributed by atoms with E-state index in [2.05, 4.69) is 55.6 Å². The standard InChI is InChI=1S/C27H26BrN5O2S/c1-17-3-4-21(13-23(17)30-25(34)26-31-24(28)16-36-26)27(35)33-11-9-20(10-12-33)18-5-7-19(8-6-18)22-14-29-32(2)15-22/h3-8,13-16,20H,9-12H2,1-2H3,(H,30,34). The number of thiazole rings is 1. The average molecular weight is 565 g/mol.